The van der Waals surface area contributed by atoms with Gasteiger partial charge in [0.25, 0.3) is 0 Å². The van der Waals surface area contributed by atoms with Gasteiger partial charge in [-0.15, -0.1) is 0 Å². The Kier molecular flexibility index (Phi) is 11.5. The summed E-state index contributed by atoms with van der Waals surface area (Å²) in [4.78, 5) is 0.217. The lowest BCUT2D eigenvalue weighted by molar-refractivity contribution is -0.0247. The molecule has 0 aliphatic heterocycles. The zero-order valence-corrected chi connectivity index (χ0v) is 30.5. The van der Waals surface area contributed by atoms with Gasteiger partial charge in [-0.3, -0.25) is 0 Å². The quantitative estimate of drug-likeness (QED) is 0.106. The molecular weight excluding hydrogens is 713 g/mol. The van der Waals surface area contributed by atoms with E-state index in [9.17, 15) is 21.9 Å². The summed E-state index contributed by atoms with van der Waals surface area (Å²) in [5.74, 6) is 1.19. The maximum absolute atomic E-state index is 13.5. The lowest BCUT2D eigenvalue weighted by atomic mass is 10.1. The summed E-state index contributed by atoms with van der Waals surface area (Å²) in [5, 5.41) is 11.0. The van der Waals surface area contributed by atoms with Gasteiger partial charge in [0.2, 0.25) is 19.7 Å². The first kappa shape index (κ1) is 37.1. The fraction of sp³-hybridized carbons (Fsp3) is 0.143. The molecular formula is C42H38O9S2. The Morgan fingerprint density at radius 3 is 1.17 bits per heavy atom. The van der Waals surface area contributed by atoms with Gasteiger partial charge in [-0.05, 0) is 90.8 Å². The van der Waals surface area contributed by atoms with Crippen molar-refractivity contribution in [2.75, 3.05) is 13.2 Å². The fourth-order valence-corrected chi connectivity index (χ4v) is 8.05. The van der Waals surface area contributed by atoms with Gasteiger partial charge in [0, 0.05) is 0 Å². The maximum Gasteiger partial charge on any atom is 0.210 e. The van der Waals surface area contributed by atoms with Crippen LogP contribution in [0.15, 0.2) is 177 Å². The molecule has 0 saturated heterocycles. The molecule has 0 unspecified atom stereocenters. The van der Waals surface area contributed by atoms with Crippen LogP contribution in [-0.2, 0) is 32.9 Å². The lowest BCUT2D eigenvalue weighted by Gasteiger charge is -2.24. The van der Waals surface area contributed by atoms with E-state index >= 15 is 0 Å². The van der Waals surface area contributed by atoms with E-state index in [-0.39, 0.29) is 57.5 Å². The van der Waals surface area contributed by atoms with Crippen molar-refractivity contribution >= 4 is 19.7 Å². The Bertz CT molecular complexity index is 2160. The van der Waals surface area contributed by atoms with Crippen molar-refractivity contribution in [3.8, 4) is 23.0 Å². The average molecular weight is 751 g/mol. The summed E-state index contributed by atoms with van der Waals surface area (Å²) in [6.07, 6.45) is 0. The molecule has 0 saturated carbocycles. The smallest absolute Gasteiger partial charge is 0.210 e. The fourth-order valence-electron chi connectivity index (χ4n) is 5.26. The van der Waals surface area contributed by atoms with Crippen LogP contribution >= 0.6 is 0 Å². The third-order valence-corrected chi connectivity index (χ3v) is 11.7. The van der Waals surface area contributed by atoms with E-state index in [0.29, 0.717) is 11.5 Å². The second-order valence-corrected chi connectivity index (χ2v) is 16.3. The monoisotopic (exact) mass is 750 g/mol. The Morgan fingerprint density at radius 1 is 0.453 bits per heavy atom. The molecule has 0 aliphatic rings. The molecule has 0 fully saturated rings. The number of para-hydroxylation sites is 2. The molecule has 0 amide bonds. The molecule has 0 aromatic heterocycles. The van der Waals surface area contributed by atoms with Crippen LogP contribution < -0.4 is 18.9 Å². The topological polar surface area (TPSA) is 125 Å². The second-order valence-electron chi connectivity index (χ2n) is 12.5. The van der Waals surface area contributed by atoms with Crippen molar-refractivity contribution < 1.29 is 40.9 Å². The molecule has 0 bridgehead atoms. The summed E-state index contributed by atoms with van der Waals surface area (Å²) >= 11 is 0. The molecule has 53 heavy (non-hydrogen) atoms. The van der Waals surface area contributed by atoms with Crippen LogP contribution in [0.4, 0.5) is 0 Å². The van der Waals surface area contributed by atoms with E-state index in [4.69, 9.17) is 18.9 Å². The van der Waals surface area contributed by atoms with Gasteiger partial charge in [-0.2, -0.15) is 0 Å². The summed E-state index contributed by atoms with van der Waals surface area (Å²) in [6, 6.07) is 43.7. The van der Waals surface area contributed by atoms with Gasteiger partial charge < -0.3 is 24.1 Å². The van der Waals surface area contributed by atoms with Gasteiger partial charge in [0.1, 0.15) is 64.8 Å². The Hall–Kier alpha value is -5.62. The highest BCUT2D eigenvalue weighted by Crippen LogP contribution is 2.32. The number of sulfone groups is 2. The van der Waals surface area contributed by atoms with Crippen molar-refractivity contribution in [2.24, 2.45) is 0 Å². The van der Waals surface area contributed by atoms with E-state index < -0.39 is 25.3 Å². The first-order valence-corrected chi connectivity index (χ1v) is 19.7. The Balaban J connectivity index is 1.03. The van der Waals surface area contributed by atoms with Gasteiger partial charge in [0.15, 0.2) is 0 Å². The van der Waals surface area contributed by atoms with Crippen LogP contribution in [0.5, 0.6) is 23.0 Å². The first-order chi connectivity index (χ1) is 25.5. The zero-order valence-electron chi connectivity index (χ0n) is 28.9. The van der Waals surface area contributed by atoms with Gasteiger partial charge >= 0.3 is 0 Å². The standard InChI is InChI=1S/C42H38O9S2/c1-42(43,30-50-34-20-24-36(25-21-34)52(44,45)40-18-10-8-16-38(40)48-28-32-12-4-2-5-13-32)31-51-35-22-26-37(27-23-35)53(46,47)41-19-11-9-17-39(41)49-29-33-14-6-3-7-15-33/h2-27,43H,28-31H2,1H3. The number of rotatable bonds is 16. The minimum atomic E-state index is -3.91. The highest BCUT2D eigenvalue weighted by atomic mass is 32.2. The number of benzene rings is 6. The minimum absolute atomic E-state index is 0.0491. The maximum atomic E-state index is 13.5. The van der Waals surface area contributed by atoms with Crippen molar-refractivity contribution in [3.05, 3.63) is 169 Å². The van der Waals surface area contributed by atoms with E-state index in [2.05, 4.69) is 0 Å². The Morgan fingerprint density at radius 2 is 0.792 bits per heavy atom. The van der Waals surface area contributed by atoms with Crippen molar-refractivity contribution in [2.45, 2.75) is 45.3 Å². The number of hydrogen-bond donors (Lipinski definition) is 1. The van der Waals surface area contributed by atoms with Crippen LogP contribution in [-0.4, -0.2) is 40.8 Å². The average Bonchev–Trinajstić information content (AvgIpc) is 3.19. The predicted octanol–water partition coefficient (Wildman–Crippen LogP) is 7.72. The van der Waals surface area contributed by atoms with Crippen LogP contribution in [0.2, 0.25) is 0 Å². The van der Waals surface area contributed by atoms with Crippen molar-refractivity contribution in [1.82, 2.24) is 0 Å². The largest absolute Gasteiger partial charge is 0.490 e. The van der Waals surface area contributed by atoms with E-state index in [0.717, 1.165) is 11.1 Å². The summed E-state index contributed by atoms with van der Waals surface area (Å²) in [5.41, 5.74) is 0.378. The molecule has 0 heterocycles. The second kappa shape index (κ2) is 16.4. The molecule has 11 heteroatoms. The molecule has 0 spiro atoms. The molecule has 0 radical (unpaired) electrons. The highest BCUT2D eigenvalue weighted by molar-refractivity contribution is 7.92. The van der Waals surface area contributed by atoms with Crippen molar-refractivity contribution in [1.29, 1.82) is 0 Å². The molecule has 6 aromatic carbocycles. The molecule has 0 atom stereocenters. The van der Waals surface area contributed by atoms with Crippen LogP contribution in [0, 0.1) is 0 Å². The summed E-state index contributed by atoms with van der Waals surface area (Å²) < 4.78 is 77.4. The van der Waals surface area contributed by atoms with Gasteiger partial charge in [-0.1, -0.05) is 84.9 Å². The summed E-state index contributed by atoms with van der Waals surface area (Å²) in [7, 11) is -7.82. The van der Waals surface area contributed by atoms with Crippen molar-refractivity contribution in [3.63, 3.8) is 0 Å². The normalized spacial score (nSPS) is 11.8. The third-order valence-electron chi connectivity index (χ3n) is 8.12. The molecule has 0 aliphatic carbocycles. The minimum Gasteiger partial charge on any atom is -0.490 e. The SMILES string of the molecule is CC(O)(COc1ccc(S(=O)(=O)c2ccccc2OCc2ccccc2)cc1)COc1ccc(S(=O)(=O)c2ccccc2OCc2ccccc2)cc1. The number of ether oxygens (including phenoxy) is 4. The lowest BCUT2D eigenvalue weighted by Crippen LogP contribution is -2.38. The Labute approximate surface area is 309 Å². The van der Waals surface area contributed by atoms with Crippen LogP contribution in [0.3, 0.4) is 0 Å². The van der Waals surface area contributed by atoms with E-state index in [1.165, 1.54) is 67.6 Å². The molecule has 6 aromatic rings. The number of hydrogen-bond acceptors (Lipinski definition) is 9. The van der Waals surface area contributed by atoms with Crippen LogP contribution in [0.1, 0.15) is 18.1 Å². The van der Waals surface area contributed by atoms with Crippen LogP contribution in [0.25, 0.3) is 0 Å². The highest BCUT2D eigenvalue weighted by Gasteiger charge is 2.26. The van der Waals surface area contributed by atoms with E-state index in [1.54, 1.807) is 36.4 Å². The third kappa shape index (κ3) is 9.44. The van der Waals surface area contributed by atoms with E-state index in [1.807, 2.05) is 60.7 Å². The number of aliphatic hydroxyl groups is 1. The zero-order chi connectivity index (χ0) is 37.3. The predicted molar refractivity (Wildman–Crippen MR) is 200 cm³/mol. The molecule has 6 rings (SSSR count). The van der Waals surface area contributed by atoms with Gasteiger partial charge in [0.05, 0.1) is 9.79 Å². The molecule has 1 N–H and O–H groups in total. The summed E-state index contributed by atoms with van der Waals surface area (Å²) in [6.45, 7) is 1.64. The first-order valence-electron chi connectivity index (χ1n) is 16.7. The molecule has 9 nitrogen and oxygen atoms in total. The van der Waals surface area contributed by atoms with Gasteiger partial charge in [-0.25, -0.2) is 16.8 Å². The molecule has 272 valence electrons.